The highest BCUT2D eigenvalue weighted by Crippen LogP contribution is 2.40. The highest BCUT2D eigenvalue weighted by Gasteiger charge is 2.38. The van der Waals surface area contributed by atoms with Crippen LogP contribution in [0.1, 0.15) is 21.1 Å². The number of rotatable bonds is 4. The Balaban J connectivity index is 1.60. The minimum absolute atomic E-state index is 0.0630. The first-order chi connectivity index (χ1) is 17.3. The van der Waals surface area contributed by atoms with Gasteiger partial charge in [-0.1, -0.05) is 66.2 Å². The average molecular weight is 509 g/mol. The van der Waals surface area contributed by atoms with E-state index in [-0.39, 0.29) is 17.4 Å². The van der Waals surface area contributed by atoms with Crippen LogP contribution in [0.3, 0.4) is 0 Å². The molecule has 0 unspecified atom stereocenters. The van der Waals surface area contributed by atoms with E-state index in [9.17, 15) is 18.0 Å². The minimum atomic E-state index is -4.71. The van der Waals surface area contributed by atoms with Crippen molar-refractivity contribution in [3.8, 4) is 22.4 Å². The molecule has 0 atom stereocenters. The van der Waals surface area contributed by atoms with Crippen LogP contribution in [0.25, 0.3) is 22.4 Å². The van der Waals surface area contributed by atoms with Crippen LogP contribution in [0, 0.1) is 6.92 Å². The fourth-order valence-corrected chi connectivity index (χ4v) is 4.96. The molecule has 0 saturated carbocycles. The van der Waals surface area contributed by atoms with Gasteiger partial charge in [0.05, 0.1) is 16.1 Å². The van der Waals surface area contributed by atoms with Crippen molar-refractivity contribution in [2.24, 2.45) is 0 Å². The molecule has 0 radical (unpaired) electrons. The molecule has 5 nitrogen and oxygen atoms in total. The standard InChI is InChI=1S/C27H23F3N4OS/c1-18-9-11-20(12-10-18)23-22(19-6-3-2-4-7-19)24(32-26(31-23)27(28,29)30)33-13-15-34(16-14-33)25(35)21-8-5-17-36-21/h2-12,17H,13-16H2,1H3. The van der Waals surface area contributed by atoms with Crippen LogP contribution < -0.4 is 4.90 Å². The third kappa shape index (κ3) is 4.83. The number of benzene rings is 2. The SMILES string of the molecule is Cc1ccc(-c2nc(C(F)(F)F)nc(N3CCN(C(=O)c4cccs4)CC3)c2-c2ccccc2)cc1. The fraction of sp³-hybridized carbons (Fsp3) is 0.222. The van der Waals surface area contributed by atoms with E-state index in [1.807, 2.05) is 65.7 Å². The maximum atomic E-state index is 14.0. The van der Waals surface area contributed by atoms with E-state index < -0.39 is 12.0 Å². The molecule has 1 saturated heterocycles. The van der Waals surface area contributed by atoms with E-state index in [2.05, 4.69) is 9.97 Å². The Morgan fingerprint density at radius 3 is 2.17 bits per heavy atom. The number of halogens is 3. The predicted octanol–water partition coefficient (Wildman–Crippen LogP) is 6.16. The number of carbonyl (C=O) groups is 1. The lowest BCUT2D eigenvalue weighted by Crippen LogP contribution is -2.49. The van der Waals surface area contributed by atoms with E-state index in [1.165, 1.54) is 11.3 Å². The molecule has 0 spiro atoms. The van der Waals surface area contributed by atoms with E-state index in [4.69, 9.17) is 0 Å². The summed E-state index contributed by atoms with van der Waals surface area (Å²) in [5.41, 5.74) is 3.09. The van der Waals surface area contributed by atoms with Crippen LogP contribution in [0.5, 0.6) is 0 Å². The fourth-order valence-electron chi connectivity index (χ4n) is 4.27. The van der Waals surface area contributed by atoms with E-state index in [0.29, 0.717) is 42.2 Å². The van der Waals surface area contributed by atoms with Crippen LogP contribution in [0.15, 0.2) is 72.1 Å². The van der Waals surface area contributed by atoms with Crippen molar-refractivity contribution in [3.63, 3.8) is 0 Å². The van der Waals surface area contributed by atoms with Gasteiger partial charge in [0, 0.05) is 31.7 Å². The lowest BCUT2D eigenvalue weighted by atomic mass is 9.98. The molecule has 36 heavy (non-hydrogen) atoms. The van der Waals surface area contributed by atoms with Gasteiger partial charge in [-0.25, -0.2) is 9.97 Å². The molecular formula is C27H23F3N4OS. The number of anilines is 1. The first kappa shape index (κ1) is 24.0. The highest BCUT2D eigenvalue weighted by molar-refractivity contribution is 7.12. The van der Waals surface area contributed by atoms with Gasteiger partial charge in [0.15, 0.2) is 0 Å². The van der Waals surface area contributed by atoms with E-state index >= 15 is 0 Å². The molecule has 0 bridgehead atoms. The second-order valence-electron chi connectivity index (χ2n) is 8.58. The molecule has 1 amide bonds. The van der Waals surface area contributed by atoms with Gasteiger partial charge in [-0.15, -0.1) is 11.3 Å². The van der Waals surface area contributed by atoms with Gasteiger partial charge in [-0.3, -0.25) is 4.79 Å². The van der Waals surface area contributed by atoms with Gasteiger partial charge in [0.25, 0.3) is 5.91 Å². The lowest BCUT2D eigenvalue weighted by molar-refractivity contribution is -0.144. The molecule has 9 heteroatoms. The summed E-state index contributed by atoms with van der Waals surface area (Å²) in [7, 11) is 0. The second kappa shape index (κ2) is 9.73. The normalized spacial score (nSPS) is 14.2. The quantitative estimate of drug-likeness (QED) is 0.331. The summed E-state index contributed by atoms with van der Waals surface area (Å²) in [5, 5.41) is 1.85. The number of aryl methyl sites for hydroxylation is 1. The van der Waals surface area contributed by atoms with Crippen molar-refractivity contribution in [2.45, 2.75) is 13.1 Å². The second-order valence-corrected chi connectivity index (χ2v) is 9.53. The number of aromatic nitrogens is 2. The van der Waals surface area contributed by atoms with Crippen LogP contribution in [0.2, 0.25) is 0 Å². The largest absolute Gasteiger partial charge is 0.451 e. The third-order valence-electron chi connectivity index (χ3n) is 6.13. The zero-order chi connectivity index (χ0) is 25.3. The maximum absolute atomic E-state index is 14.0. The molecule has 0 N–H and O–H groups in total. The zero-order valence-electron chi connectivity index (χ0n) is 19.5. The van der Waals surface area contributed by atoms with Crippen molar-refractivity contribution in [1.82, 2.24) is 14.9 Å². The van der Waals surface area contributed by atoms with Gasteiger partial charge in [0.1, 0.15) is 5.82 Å². The average Bonchev–Trinajstić information content (AvgIpc) is 3.43. The number of amides is 1. The van der Waals surface area contributed by atoms with E-state index in [1.54, 1.807) is 23.1 Å². The van der Waals surface area contributed by atoms with Crippen molar-refractivity contribution < 1.29 is 18.0 Å². The summed E-state index contributed by atoms with van der Waals surface area (Å²) in [6.07, 6.45) is -4.71. The highest BCUT2D eigenvalue weighted by atomic mass is 32.1. The Bertz CT molecular complexity index is 1350. The molecule has 1 fully saturated rings. The summed E-state index contributed by atoms with van der Waals surface area (Å²) in [4.78, 5) is 25.1. The maximum Gasteiger partial charge on any atom is 0.451 e. The first-order valence-corrected chi connectivity index (χ1v) is 12.4. The Morgan fingerprint density at radius 2 is 1.56 bits per heavy atom. The number of nitrogens with zero attached hydrogens (tertiary/aromatic N) is 4. The van der Waals surface area contributed by atoms with Gasteiger partial charge in [-0.05, 0) is 23.9 Å². The summed E-state index contributed by atoms with van der Waals surface area (Å²) in [5.74, 6) is -1.01. The number of alkyl halides is 3. The molecule has 4 aromatic rings. The van der Waals surface area contributed by atoms with Gasteiger partial charge >= 0.3 is 6.18 Å². The molecule has 5 rings (SSSR count). The summed E-state index contributed by atoms with van der Waals surface area (Å²) < 4.78 is 41.9. The molecule has 2 aromatic heterocycles. The zero-order valence-corrected chi connectivity index (χ0v) is 20.3. The van der Waals surface area contributed by atoms with E-state index in [0.717, 1.165) is 11.1 Å². The Morgan fingerprint density at radius 1 is 0.861 bits per heavy atom. The van der Waals surface area contributed by atoms with Gasteiger partial charge < -0.3 is 9.80 Å². The molecular weight excluding hydrogens is 485 g/mol. The number of carbonyl (C=O) groups excluding carboxylic acids is 1. The topological polar surface area (TPSA) is 49.3 Å². The summed E-state index contributed by atoms with van der Waals surface area (Å²) in [6, 6.07) is 20.1. The Labute approximate surface area is 210 Å². The molecule has 2 aromatic carbocycles. The van der Waals surface area contributed by atoms with Crippen LogP contribution in [0.4, 0.5) is 19.0 Å². The molecule has 1 aliphatic heterocycles. The minimum Gasteiger partial charge on any atom is -0.352 e. The molecule has 1 aliphatic rings. The number of hydrogen-bond acceptors (Lipinski definition) is 5. The Hall–Kier alpha value is -3.72. The number of piperazine rings is 1. The molecule has 0 aliphatic carbocycles. The van der Waals surface area contributed by atoms with Gasteiger partial charge in [-0.2, -0.15) is 13.2 Å². The van der Waals surface area contributed by atoms with Gasteiger partial charge in [0.2, 0.25) is 5.82 Å². The number of thiophene rings is 1. The van der Waals surface area contributed by atoms with Crippen LogP contribution in [-0.4, -0.2) is 47.0 Å². The summed E-state index contributed by atoms with van der Waals surface area (Å²) >= 11 is 1.38. The van der Waals surface area contributed by atoms with Crippen molar-refractivity contribution in [1.29, 1.82) is 0 Å². The van der Waals surface area contributed by atoms with Crippen molar-refractivity contribution in [2.75, 3.05) is 31.1 Å². The lowest BCUT2D eigenvalue weighted by Gasteiger charge is -2.36. The summed E-state index contributed by atoms with van der Waals surface area (Å²) in [6.45, 7) is 3.41. The van der Waals surface area contributed by atoms with Crippen molar-refractivity contribution >= 4 is 23.1 Å². The molecule has 3 heterocycles. The molecule has 184 valence electrons. The predicted molar refractivity (Wildman–Crippen MR) is 135 cm³/mol. The smallest absolute Gasteiger partial charge is 0.352 e. The van der Waals surface area contributed by atoms with Crippen molar-refractivity contribution in [3.05, 3.63) is 88.4 Å². The van der Waals surface area contributed by atoms with Crippen LogP contribution in [-0.2, 0) is 6.18 Å². The first-order valence-electron chi connectivity index (χ1n) is 11.5. The third-order valence-corrected chi connectivity index (χ3v) is 6.99. The Kier molecular flexibility index (Phi) is 6.49. The number of hydrogen-bond donors (Lipinski definition) is 0. The monoisotopic (exact) mass is 508 g/mol. The van der Waals surface area contributed by atoms with Crippen LogP contribution >= 0.6 is 11.3 Å².